The van der Waals surface area contributed by atoms with E-state index in [0.717, 1.165) is 34.0 Å². The molecule has 0 fully saturated rings. The van der Waals surface area contributed by atoms with Crippen molar-refractivity contribution in [2.45, 2.75) is 13.8 Å². The van der Waals surface area contributed by atoms with Gasteiger partial charge >= 0.3 is 0 Å². The number of anilines is 2. The summed E-state index contributed by atoms with van der Waals surface area (Å²) >= 11 is 6.36. The maximum Gasteiger partial charge on any atom is 0.165 e. The Hall–Kier alpha value is -2.85. The van der Waals surface area contributed by atoms with Gasteiger partial charge in [0, 0.05) is 33.6 Å². The van der Waals surface area contributed by atoms with E-state index in [1.165, 1.54) is 5.56 Å². The third-order valence-electron chi connectivity index (χ3n) is 4.09. The summed E-state index contributed by atoms with van der Waals surface area (Å²) in [5.41, 5.74) is 5.77. The van der Waals surface area contributed by atoms with Gasteiger partial charge in [0.1, 0.15) is 5.82 Å². The summed E-state index contributed by atoms with van der Waals surface area (Å²) in [5, 5.41) is 8.63. The number of rotatable bonds is 3. The molecule has 0 spiro atoms. The summed E-state index contributed by atoms with van der Waals surface area (Å²) in [7, 11) is 0. The van der Waals surface area contributed by atoms with E-state index in [1.807, 2.05) is 48.0 Å². The lowest BCUT2D eigenvalue weighted by molar-refractivity contribution is 0.938. The van der Waals surface area contributed by atoms with Crippen LogP contribution in [0, 0.1) is 13.8 Å². The molecule has 0 amide bonds. The zero-order valence-corrected chi connectivity index (χ0v) is 14.7. The summed E-state index contributed by atoms with van der Waals surface area (Å²) in [5.74, 6) is 0.865. The van der Waals surface area contributed by atoms with Crippen molar-refractivity contribution < 1.29 is 0 Å². The first-order valence-corrected chi connectivity index (χ1v) is 8.43. The summed E-state index contributed by atoms with van der Waals surface area (Å²) < 4.78 is 1.81. The lowest BCUT2D eigenvalue weighted by atomic mass is 10.1. The summed E-state index contributed by atoms with van der Waals surface area (Å²) in [6.45, 7) is 4.05. The molecule has 0 saturated carbocycles. The van der Waals surface area contributed by atoms with Crippen molar-refractivity contribution in [1.82, 2.24) is 14.6 Å². The molecule has 4 aromatic rings. The number of halogens is 1. The van der Waals surface area contributed by atoms with Gasteiger partial charge in [-0.25, -0.2) is 4.98 Å². The van der Waals surface area contributed by atoms with Crippen molar-refractivity contribution in [1.29, 1.82) is 0 Å². The highest BCUT2D eigenvalue weighted by Crippen LogP contribution is 2.31. The van der Waals surface area contributed by atoms with Gasteiger partial charge in [0.15, 0.2) is 5.65 Å². The van der Waals surface area contributed by atoms with Gasteiger partial charge in [0.2, 0.25) is 0 Å². The summed E-state index contributed by atoms with van der Waals surface area (Å²) in [6.07, 6.45) is 1.81. The quantitative estimate of drug-likeness (QED) is 0.538. The second-order valence-electron chi connectivity index (χ2n) is 6.05. The maximum absolute atomic E-state index is 6.36. The molecular formula is C20H17ClN4. The molecule has 0 radical (unpaired) electrons. The fourth-order valence-corrected chi connectivity index (χ4v) is 3.07. The monoisotopic (exact) mass is 348 g/mol. The fraction of sp³-hybridized carbons (Fsp3) is 0.100. The van der Waals surface area contributed by atoms with Crippen molar-refractivity contribution in [3.05, 3.63) is 77.1 Å². The molecular weight excluding hydrogens is 332 g/mol. The number of nitrogens with zero attached hydrogens (tertiary/aromatic N) is 3. The molecule has 5 heteroatoms. The van der Waals surface area contributed by atoms with Crippen LogP contribution in [0.3, 0.4) is 0 Å². The third kappa shape index (κ3) is 2.96. The second-order valence-corrected chi connectivity index (χ2v) is 6.45. The molecule has 124 valence electrons. The van der Waals surface area contributed by atoms with Crippen molar-refractivity contribution in [3.63, 3.8) is 0 Å². The predicted octanol–water partition coefficient (Wildman–Crippen LogP) is 5.41. The highest BCUT2D eigenvalue weighted by Gasteiger charge is 2.14. The minimum Gasteiger partial charge on any atom is -0.340 e. The first-order valence-electron chi connectivity index (χ1n) is 8.06. The molecule has 4 rings (SSSR count). The van der Waals surface area contributed by atoms with Crippen molar-refractivity contribution in [2.24, 2.45) is 0 Å². The van der Waals surface area contributed by atoms with Crippen LogP contribution in [0.1, 0.15) is 11.3 Å². The smallest absolute Gasteiger partial charge is 0.165 e. The van der Waals surface area contributed by atoms with E-state index in [2.05, 4.69) is 46.6 Å². The molecule has 2 aromatic carbocycles. The molecule has 0 aliphatic rings. The largest absolute Gasteiger partial charge is 0.340 e. The highest BCUT2D eigenvalue weighted by atomic mass is 35.5. The number of hydrogen-bond donors (Lipinski definition) is 1. The molecule has 0 saturated heterocycles. The van der Waals surface area contributed by atoms with E-state index in [4.69, 9.17) is 11.6 Å². The van der Waals surface area contributed by atoms with Crippen LogP contribution in [-0.2, 0) is 0 Å². The normalized spacial score (nSPS) is 11.0. The standard InChI is InChI=1S/C20H17ClN4/c1-13-7-9-15(10-8-13)24-19-11-14(2)23-20-17(12-22-25(19)20)16-5-3-4-6-18(16)21/h3-12,24H,1-2H3. The Morgan fingerprint density at radius 1 is 0.960 bits per heavy atom. The Balaban J connectivity index is 1.84. The Labute approximate surface area is 151 Å². The van der Waals surface area contributed by atoms with Crippen LogP contribution >= 0.6 is 11.6 Å². The first-order chi connectivity index (χ1) is 12.1. The Morgan fingerprint density at radius 2 is 1.72 bits per heavy atom. The summed E-state index contributed by atoms with van der Waals surface area (Å²) in [6, 6.07) is 18.0. The van der Waals surface area contributed by atoms with E-state index in [9.17, 15) is 0 Å². The van der Waals surface area contributed by atoms with Gasteiger partial charge < -0.3 is 5.32 Å². The van der Waals surface area contributed by atoms with Crippen LogP contribution in [0.5, 0.6) is 0 Å². The number of aryl methyl sites for hydroxylation is 2. The molecule has 0 bridgehead atoms. The van der Waals surface area contributed by atoms with Gasteiger partial charge in [-0.1, -0.05) is 47.5 Å². The van der Waals surface area contributed by atoms with E-state index < -0.39 is 0 Å². The zero-order valence-electron chi connectivity index (χ0n) is 14.0. The molecule has 0 aliphatic carbocycles. The van der Waals surface area contributed by atoms with Gasteiger partial charge in [-0.05, 0) is 32.0 Å². The van der Waals surface area contributed by atoms with Crippen LogP contribution in [-0.4, -0.2) is 14.6 Å². The minimum absolute atomic E-state index is 0.689. The number of aromatic nitrogens is 3. The third-order valence-corrected chi connectivity index (χ3v) is 4.42. The van der Waals surface area contributed by atoms with Gasteiger partial charge in [-0.2, -0.15) is 9.61 Å². The molecule has 0 aliphatic heterocycles. The van der Waals surface area contributed by atoms with E-state index in [-0.39, 0.29) is 0 Å². The van der Waals surface area contributed by atoms with Gasteiger partial charge in [0.25, 0.3) is 0 Å². The van der Waals surface area contributed by atoms with Crippen LogP contribution in [0.4, 0.5) is 11.5 Å². The zero-order chi connectivity index (χ0) is 17.4. The lowest BCUT2D eigenvalue weighted by Crippen LogP contribution is -2.02. The number of hydrogen-bond acceptors (Lipinski definition) is 3. The number of fused-ring (bicyclic) bond motifs is 1. The second kappa shape index (κ2) is 6.22. The summed E-state index contributed by atoms with van der Waals surface area (Å²) in [4.78, 5) is 4.67. The Kier molecular flexibility index (Phi) is 3.90. The van der Waals surface area contributed by atoms with Crippen LogP contribution in [0.15, 0.2) is 60.8 Å². The van der Waals surface area contributed by atoms with E-state index in [1.54, 1.807) is 0 Å². The van der Waals surface area contributed by atoms with Gasteiger partial charge in [0.05, 0.1) is 6.20 Å². The predicted molar refractivity (Wildman–Crippen MR) is 103 cm³/mol. The molecule has 4 nitrogen and oxygen atoms in total. The van der Waals surface area contributed by atoms with Gasteiger partial charge in [-0.3, -0.25) is 0 Å². The molecule has 25 heavy (non-hydrogen) atoms. The average molecular weight is 349 g/mol. The van der Waals surface area contributed by atoms with E-state index in [0.29, 0.717) is 5.02 Å². The molecule has 2 aromatic heterocycles. The number of benzene rings is 2. The fourth-order valence-electron chi connectivity index (χ4n) is 2.83. The van der Waals surface area contributed by atoms with Crippen LogP contribution < -0.4 is 5.32 Å². The molecule has 2 heterocycles. The molecule has 0 unspecified atom stereocenters. The van der Waals surface area contributed by atoms with Gasteiger partial charge in [-0.15, -0.1) is 0 Å². The Bertz CT molecular complexity index is 1050. The van der Waals surface area contributed by atoms with Crippen molar-refractivity contribution in [2.75, 3.05) is 5.32 Å². The number of nitrogens with one attached hydrogen (secondary N) is 1. The van der Waals surface area contributed by atoms with E-state index >= 15 is 0 Å². The first kappa shape index (κ1) is 15.7. The molecule has 0 atom stereocenters. The highest BCUT2D eigenvalue weighted by molar-refractivity contribution is 6.33. The minimum atomic E-state index is 0.689. The topological polar surface area (TPSA) is 42.2 Å². The maximum atomic E-state index is 6.36. The van der Waals surface area contributed by atoms with Crippen LogP contribution in [0.2, 0.25) is 5.02 Å². The molecule has 1 N–H and O–H groups in total. The van der Waals surface area contributed by atoms with Crippen molar-refractivity contribution in [3.8, 4) is 11.1 Å². The lowest BCUT2D eigenvalue weighted by Gasteiger charge is -2.10. The van der Waals surface area contributed by atoms with Crippen LogP contribution in [0.25, 0.3) is 16.8 Å². The Morgan fingerprint density at radius 3 is 2.48 bits per heavy atom. The SMILES string of the molecule is Cc1ccc(Nc2cc(C)nc3c(-c4ccccc4Cl)cnn23)cc1. The van der Waals surface area contributed by atoms with Crippen molar-refractivity contribution >= 4 is 28.8 Å². The average Bonchev–Trinajstić information content (AvgIpc) is 3.01.